The molecule has 2 heterocycles. The van der Waals surface area contributed by atoms with E-state index in [0.29, 0.717) is 31.7 Å². The summed E-state index contributed by atoms with van der Waals surface area (Å²) in [6, 6.07) is 7.56. The lowest BCUT2D eigenvalue weighted by molar-refractivity contribution is -0.0999. The normalized spacial score (nSPS) is 28.7. The summed E-state index contributed by atoms with van der Waals surface area (Å²) < 4.78 is 5.38. The average Bonchev–Trinajstić information content (AvgIpc) is 2.57. The molecule has 2 fully saturated rings. The fourth-order valence-electron chi connectivity index (χ4n) is 3.11. The van der Waals surface area contributed by atoms with Crippen LogP contribution < -0.4 is 4.90 Å². The molecule has 1 aromatic rings. The van der Waals surface area contributed by atoms with Gasteiger partial charge in [0, 0.05) is 31.9 Å². The van der Waals surface area contributed by atoms with E-state index in [1.54, 1.807) is 11.8 Å². The molecule has 2 aliphatic heterocycles. The molecule has 0 bridgehead atoms. The number of aliphatic hydroxyl groups excluding tert-OH is 1. The summed E-state index contributed by atoms with van der Waals surface area (Å²) >= 11 is 0. The number of hydrogen-bond acceptors (Lipinski definition) is 5. The van der Waals surface area contributed by atoms with Gasteiger partial charge in [-0.15, -0.1) is 0 Å². The number of rotatable bonds is 2. The number of carbonyl (C=O) groups is 1. The van der Waals surface area contributed by atoms with Gasteiger partial charge in [-0.05, 0) is 25.5 Å². The number of benzene rings is 1. The van der Waals surface area contributed by atoms with Crippen LogP contribution in [0.25, 0.3) is 0 Å². The molecule has 2 aliphatic rings. The summed E-state index contributed by atoms with van der Waals surface area (Å²) in [6.07, 6.45) is -0.546. The minimum atomic E-state index is -1.12. The Morgan fingerprint density at radius 1 is 1.26 bits per heavy atom. The minimum absolute atomic E-state index is 0.0957. The van der Waals surface area contributed by atoms with E-state index < -0.39 is 11.7 Å². The number of morpholine rings is 1. The number of anilines is 1. The van der Waals surface area contributed by atoms with Crippen molar-refractivity contribution in [3.8, 4) is 0 Å². The van der Waals surface area contributed by atoms with Gasteiger partial charge < -0.3 is 24.7 Å². The van der Waals surface area contributed by atoms with Gasteiger partial charge in [-0.25, -0.2) is 0 Å². The fraction of sp³-hybridized carbons (Fsp3) is 0.588. The van der Waals surface area contributed by atoms with Gasteiger partial charge in [0.25, 0.3) is 5.91 Å². The number of hydrogen-bond donors (Lipinski definition) is 2. The zero-order valence-corrected chi connectivity index (χ0v) is 13.4. The third kappa shape index (κ3) is 3.34. The zero-order valence-electron chi connectivity index (χ0n) is 13.4. The van der Waals surface area contributed by atoms with E-state index in [0.717, 1.165) is 18.8 Å². The molecular formula is C17H24N2O4. The highest BCUT2D eigenvalue weighted by Gasteiger charge is 2.38. The second-order valence-corrected chi connectivity index (χ2v) is 6.49. The lowest BCUT2D eigenvalue weighted by Crippen LogP contribution is -2.55. The highest BCUT2D eigenvalue weighted by atomic mass is 16.5. The van der Waals surface area contributed by atoms with E-state index in [4.69, 9.17) is 4.74 Å². The Balaban J connectivity index is 1.80. The zero-order chi connectivity index (χ0) is 16.4. The van der Waals surface area contributed by atoms with Gasteiger partial charge in [-0.3, -0.25) is 4.79 Å². The Morgan fingerprint density at radius 3 is 2.65 bits per heavy atom. The van der Waals surface area contributed by atoms with E-state index in [1.807, 2.05) is 24.3 Å². The van der Waals surface area contributed by atoms with Gasteiger partial charge in [0.2, 0.25) is 0 Å². The van der Waals surface area contributed by atoms with Gasteiger partial charge >= 0.3 is 0 Å². The molecule has 3 rings (SSSR count). The van der Waals surface area contributed by atoms with Crippen LogP contribution in [-0.4, -0.2) is 72.1 Å². The van der Waals surface area contributed by atoms with E-state index in [9.17, 15) is 15.0 Å². The van der Waals surface area contributed by atoms with Crippen LogP contribution >= 0.6 is 0 Å². The van der Waals surface area contributed by atoms with Crippen molar-refractivity contribution in [2.75, 3.05) is 44.3 Å². The molecule has 0 saturated carbocycles. The van der Waals surface area contributed by atoms with Gasteiger partial charge in [-0.2, -0.15) is 0 Å². The highest BCUT2D eigenvalue weighted by molar-refractivity contribution is 6.00. The molecule has 1 amide bonds. The quantitative estimate of drug-likeness (QED) is 0.829. The number of piperidine rings is 1. The summed E-state index contributed by atoms with van der Waals surface area (Å²) in [5.41, 5.74) is 0.427. The van der Waals surface area contributed by atoms with E-state index in [2.05, 4.69) is 4.90 Å². The predicted octanol–water partition coefficient (Wildman–Crippen LogP) is 0.481. The smallest absolute Gasteiger partial charge is 0.256 e. The maximum absolute atomic E-state index is 12.9. The van der Waals surface area contributed by atoms with Crippen molar-refractivity contribution in [3.63, 3.8) is 0 Å². The molecule has 6 nitrogen and oxygen atoms in total. The number of amides is 1. The molecule has 6 heteroatoms. The van der Waals surface area contributed by atoms with E-state index >= 15 is 0 Å². The molecule has 23 heavy (non-hydrogen) atoms. The molecule has 126 valence electrons. The summed E-state index contributed by atoms with van der Waals surface area (Å²) in [5, 5.41) is 20.1. The summed E-state index contributed by atoms with van der Waals surface area (Å²) in [5.74, 6) is -0.0957. The molecule has 2 saturated heterocycles. The van der Waals surface area contributed by atoms with Gasteiger partial charge in [0.1, 0.15) is 0 Å². The van der Waals surface area contributed by atoms with Crippen molar-refractivity contribution >= 4 is 11.6 Å². The largest absolute Gasteiger partial charge is 0.388 e. The Labute approximate surface area is 136 Å². The van der Waals surface area contributed by atoms with Crippen molar-refractivity contribution in [2.45, 2.75) is 25.0 Å². The Hall–Kier alpha value is -1.63. The van der Waals surface area contributed by atoms with Crippen LogP contribution in [0.4, 0.5) is 5.69 Å². The van der Waals surface area contributed by atoms with Crippen LogP contribution in [0.15, 0.2) is 24.3 Å². The standard InChI is InChI=1S/C17H24N2O4/c1-17(22)6-7-19(12-15(17)20)16(21)13-4-2-3-5-14(13)18-8-10-23-11-9-18/h2-5,15,20,22H,6-12H2,1H3/t15-,17-/m0/s1. The molecule has 0 aromatic heterocycles. The number of para-hydroxylation sites is 1. The lowest BCUT2D eigenvalue weighted by atomic mass is 9.90. The van der Waals surface area contributed by atoms with Crippen LogP contribution in [0.5, 0.6) is 0 Å². The molecule has 0 spiro atoms. The monoisotopic (exact) mass is 320 g/mol. The van der Waals surface area contributed by atoms with Crippen molar-refractivity contribution < 1.29 is 19.7 Å². The molecule has 2 N–H and O–H groups in total. The average molecular weight is 320 g/mol. The molecular weight excluding hydrogens is 296 g/mol. The summed E-state index contributed by atoms with van der Waals surface area (Å²) in [4.78, 5) is 16.7. The van der Waals surface area contributed by atoms with Crippen LogP contribution in [0.2, 0.25) is 0 Å². The van der Waals surface area contributed by atoms with Crippen molar-refractivity contribution in [1.29, 1.82) is 0 Å². The summed E-state index contributed by atoms with van der Waals surface area (Å²) in [6.45, 7) is 5.07. The highest BCUT2D eigenvalue weighted by Crippen LogP contribution is 2.27. The van der Waals surface area contributed by atoms with Crippen molar-refractivity contribution in [2.24, 2.45) is 0 Å². The maximum Gasteiger partial charge on any atom is 0.256 e. The first-order valence-corrected chi connectivity index (χ1v) is 8.10. The van der Waals surface area contributed by atoms with Gasteiger partial charge in [0.05, 0.1) is 30.5 Å². The fourth-order valence-corrected chi connectivity index (χ4v) is 3.11. The van der Waals surface area contributed by atoms with Crippen LogP contribution in [0.1, 0.15) is 23.7 Å². The number of ether oxygens (including phenoxy) is 1. The topological polar surface area (TPSA) is 73.2 Å². The number of β-amino-alcohol motifs (C(OH)–C–C–N with tert-alkyl or cyclic N) is 1. The molecule has 0 aliphatic carbocycles. The number of aliphatic hydroxyl groups is 2. The third-order valence-electron chi connectivity index (χ3n) is 4.77. The molecule has 1 aromatic carbocycles. The van der Waals surface area contributed by atoms with Crippen LogP contribution in [-0.2, 0) is 4.74 Å². The SMILES string of the molecule is C[C@]1(O)CCN(C(=O)c2ccccc2N2CCOCC2)C[C@@H]1O. The first kappa shape index (κ1) is 16.2. The molecule has 0 unspecified atom stereocenters. The Bertz CT molecular complexity index is 569. The van der Waals surface area contributed by atoms with Crippen LogP contribution in [0.3, 0.4) is 0 Å². The number of likely N-dealkylation sites (tertiary alicyclic amines) is 1. The predicted molar refractivity (Wildman–Crippen MR) is 86.6 cm³/mol. The van der Waals surface area contributed by atoms with E-state index in [1.165, 1.54) is 0 Å². The minimum Gasteiger partial charge on any atom is -0.388 e. The van der Waals surface area contributed by atoms with E-state index in [-0.39, 0.29) is 12.5 Å². The number of carbonyl (C=O) groups excluding carboxylic acids is 1. The summed E-state index contributed by atoms with van der Waals surface area (Å²) in [7, 11) is 0. The van der Waals surface area contributed by atoms with Crippen molar-refractivity contribution in [3.05, 3.63) is 29.8 Å². The first-order chi connectivity index (χ1) is 11.0. The maximum atomic E-state index is 12.9. The van der Waals surface area contributed by atoms with Gasteiger partial charge in [0.15, 0.2) is 0 Å². The van der Waals surface area contributed by atoms with Crippen molar-refractivity contribution in [1.82, 2.24) is 4.90 Å². The Morgan fingerprint density at radius 2 is 1.96 bits per heavy atom. The molecule has 2 atom stereocenters. The molecule has 0 radical (unpaired) electrons. The Kier molecular flexibility index (Phi) is 4.57. The third-order valence-corrected chi connectivity index (χ3v) is 4.77. The lowest BCUT2D eigenvalue weighted by Gasteiger charge is -2.40. The van der Waals surface area contributed by atoms with Gasteiger partial charge in [-0.1, -0.05) is 12.1 Å². The second-order valence-electron chi connectivity index (χ2n) is 6.49. The second kappa shape index (κ2) is 6.47. The number of nitrogens with zero attached hydrogens (tertiary/aromatic N) is 2. The van der Waals surface area contributed by atoms with Crippen LogP contribution in [0, 0.1) is 0 Å². The first-order valence-electron chi connectivity index (χ1n) is 8.10.